The van der Waals surface area contributed by atoms with Crippen molar-refractivity contribution in [3.63, 3.8) is 0 Å². The molecule has 2 unspecified atom stereocenters. The number of nitrogens with one attached hydrogen (secondary N) is 1. The molecule has 112 valence electrons. The quantitative estimate of drug-likeness (QED) is 0.821. The zero-order valence-electron chi connectivity index (χ0n) is 11.9. The summed E-state index contributed by atoms with van der Waals surface area (Å²) in [4.78, 5) is 23.6. The van der Waals surface area contributed by atoms with E-state index in [4.69, 9.17) is 0 Å². The number of rotatable bonds is 5. The zero-order chi connectivity index (χ0) is 15.2. The Kier molecular flexibility index (Phi) is 5.44. The highest BCUT2D eigenvalue weighted by atomic mass is 32.2. The second kappa shape index (κ2) is 7.31. The average molecular weight is 305 g/mol. The molecule has 0 saturated carbocycles. The van der Waals surface area contributed by atoms with Gasteiger partial charge in [-0.05, 0) is 36.6 Å². The van der Waals surface area contributed by atoms with Crippen molar-refractivity contribution in [2.24, 2.45) is 0 Å². The molecule has 1 aliphatic rings. The number of aliphatic carboxylic acids is 1. The van der Waals surface area contributed by atoms with Crippen LogP contribution in [0.25, 0.3) is 0 Å². The number of fused-ring (bicyclic) bond motifs is 1. The molecular weight excluding hydrogens is 286 g/mol. The Morgan fingerprint density at radius 1 is 1.48 bits per heavy atom. The van der Waals surface area contributed by atoms with E-state index >= 15 is 0 Å². The van der Waals surface area contributed by atoms with Gasteiger partial charge in [0.1, 0.15) is 11.3 Å². The van der Waals surface area contributed by atoms with E-state index in [-0.39, 0.29) is 11.2 Å². The van der Waals surface area contributed by atoms with Gasteiger partial charge in [0.05, 0.1) is 0 Å². The minimum absolute atomic E-state index is 0.218. The fourth-order valence-electron chi connectivity index (χ4n) is 2.35. The number of amides is 1. The first kappa shape index (κ1) is 15.6. The number of carboxylic acids is 1. The molecule has 21 heavy (non-hydrogen) atoms. The molecule has 1 heterocycles. The molecule has 1 amide bonds. The molecule has 2 atom stereocenters. The second-order valence-electron chi connectivity index (χ2n) is 4.90. The van der Waals surface area contributed by atoms with Crippen molar-refractivity contribution in [1.82, 2.24) is 5.32 Å². The van der Waals surface area contributed by atoms with Crippen LogP contribution in [0, 0.1) is 0 Å². The molecule has 1 aromatic rings. The highest BCUT2D eigenvalue weighted by molar-refractivity contribution is 8.00. The minimum Gasteiger partial charge on any atom is -0.480 e. The molecule has 0 radical (unpaired) electrons. The van der Waals surface area contributed by atoms with Crippen molar-refractivity contribution in [3.8, 4) is 0 Å². The smallest absolute Gasteiger partial charge is 0.326 e. The van der Waals surface area contributed by atoms with E-state index in [1.807, 2.05) is 31.2 Å². The van der Waals surface area contributed by atoms with Crippen molar-refractivity contribution < 1.29 is 14.7 Å². The first-order valence-electron chi connectivity index (χ1n) is 6.97. The number of carboxylic acid groups (broad SMARTS) is 1. The van der Waals surface area contributed by atoms with Gasteiger partial charge in [-0.3, -0.25) is 4.79 Å². The summed E-state index contributed by atoms with van der Waals surface area (Å²) in [5, 5.41) is 11.5. The van der Waals surface area contributed by atoms with E-state index in [1.54, 1.807) is 23.9 Å². The van der Waals surface area contributed by atoms with Gasteiger partial charge in [-0.1, -0.05) is 36.4 Å². The molecule has 2 rings (SSSR count). The molecule has 0 fully saturated rings. The first-order valence-corrected chi connectivity index (χ1v) is 8.02. The predicted molar refractivity (Wildman–Crippen MR) is 84.3 cm³/mol. The van der Waals surface area contributed by atoms with Crippen LogP contribution in [-0.4, -0.2) is 28.8 Å². The maximum absolute atomic E-state index is 12.4. The molecule has 0 aromatic heterocycles. The van der Waals surface area contributed by atoms with Gasteiger partial charge in [0.2, 0.25) is 5.91 Å². The van der Waals surface area contributed by atoms with Crippen LogP contribution in [0.1, 0.15) is 29.7 Å². The number of hydrogen-bond acceptors (Lipinski definition) is 3. The Balaban J connectivity index is 2.11. The van der Waals surface area contributed by atoms with Gasteiger partial charge in [-0.15, -0.1) is 11.8 Å². The lowest BCUT2D eigenvalue weighted by Gasteiger charge is -2.25. The third kappa shape index (κ3) is 3.88. The van der Waals surface area contributed by atoms with E-state index in [2.05, 4.69) is 5.32 Å². The summed E-state index contributed by atoms with van der Waals surface area (Å²) in [6.07, 6.45) is 4.79. The van der Waals surface area contributed by atoms with Gasteiger partial charge in [0.15, 0.2) is 0 Å². The molecule has 1 aliphatic heterocycles. The van der Waals surface area contributed by atoms with Crippen LogP contribution in [0.5, 0.6) is 0 Å². The fourth-order valence-corrected chi connectivity index (χ4v) is 3.55. The molecule has 5 heteroatoms. The van der Waals surface area contributed by atoms with Crippen LogP contribution in [0.15, 0.2) is 36.4 Å². The third-order valence-corrected chi connectivity index (χ3v) is 4.69. The Morgan fingerprint density at radius 3 is 2.95 bits per heavy atom. The van der Waals surface area contributed by atoms with E-state index in [1.165, 1.54) is 5.56 Å². The van der Waals surface area contributed by atoms with Crippen LogP contribution in [0.3, 0.4) is 0 Å². The van der Waals surface area contributed by atoms with Gasteiger partial charge in [-0.25, -0.2) is 4.79 Å². The van der Waals surface area contributed by atoms with E-state index < -0.39 is 12.0 Å². The van der Waals surface area contributed by atoms with Gasteiger partial charge >= 0.3 is 5.97 Å². The van der Waals surface area contributed by atoms with Crippen molar-refractivity contribution >= 4 is 23.6 Å². The van der Waals surface area contributed by atoms with Gasteiger partial charge in [0.25, 0.3) is 0 Å². The number of allylic oxidation sites excluding steroid dienone is 1. The monoisotopic (exact) mass is 305 g/mol. The third-order valence-electron chi connectivity index (χ3n) is 3.45. The van der Waals surface area contributed by atoms with Crippen LogP contribution < -0.4 is 5.32 Å². The molecular formula is C16H19NO3S. The summed E-state index contributed by atoms with van der Waals surface area (Å²) in [6, 6.07) is 7.00. The number of benzene rings is 1. The van der Waals surface area contributed by atoms with E-state index in [9.17, 15) is 14.7 Å². The number of aryl methyl sites for hydroxylation is 1. The van der Waals surface area contributed by atoms with Gasteiger partial charge in [0, 0.05) is 0 Å². The lowest BCUT2D eigenvalue weighted by atomic mass is 10.0. The zero-order valence-corrected chi connectivity index (χ0v) is 12.7. The summed E-state index contributed by atoms with van der Waals surface area (Å²) in [5.41, 5.74) is 2.18. The average Bonchev–Trinajstić information content (AvgIpc) is 2.50. The maximum atomic E-state index is 12.4. The van der Waals surface area contributed by atoms with Gasteiger partial charge in [-0.2, -0.15) is 0 Å². The van der Waals surface area contributed by atoms with E-state index in [0.717, 1.165) is 17.7 Å². The van der Waals surface area contributed by atoms with Crippen molar-refractivity contribution in [1.29, 1.82) is 0 Å². The van der Waals surface area contributed by atoms with Crippen LogP contribution in [-0.2, 0) is 16.0 Å². The standard InChI is InChI=1S/C16H19NO3S/c1-2-3-8-13(16(19)20)17-15(18)14-12-7-5-4-6-11(12)9-10-21-14/h2-7,13-14H,8-10H2,1H3,(H,17,18)(H,19,20)/b3-2+. The largest absolute Gasteiger partial charge is 0.480 e. The molecule has 0 spiro atoms. The van der Waals surface area contributed by atoms with E-state index in [0.29, 0.717) is 6.42 Å². The lowest BCUT2D eigenvalue weighted by Crippen LogP contribution is -2.42. The first-order chi connectivity index (χ1) is 10.1. The highest BCUT2D eigenvalue weighted by Crippen LogP contribution is 2.36. The number of carbonyl (C=O) groups excluding carboxylic acids is 1. The number of hydrogen-bond donors (Lipinski definition) is 2. The lowest BCUT2D eigenvalue weighted by molar-refractivity contribution is -0.141. The molecule has 0 saturated heterocycles. The fraction of sp³-hybridized carbons (Fsp3) is 0.375. The molecule has 0 aliphatic carbocycles. The Morgan fingerprint density at radius 2 is 2.24 bits per heavy atom. The van der Waals surface area contributed by atoms with Crippen LogP contribution in [0.4, 0.5) is 0 Å². The number of carbonyl (C=O) groups is 2. The molecule has 0 bridgehead atoms. The summed E-state index contributed by atoms with van der Waals surface area (Å²) in [5.74, 6) is -0.346. The number of thioether (sulfide) groups is 1. The summed E-state index contributed by atoms with van der Waals surface area (Å²) in [7, 11) is 0. The summed E-state index contributed by atoms with van der Waals surface area (Å²) < 4.78 is 0. The second-order valence-corrected chi connectivity index (χ2v) is 6.12. The normalized spacial score (nSPS) is 19.0. The van der Waals surface area contributed by atoms with Crippen molar-refractivity contribution in [2.75, 3.05) is 5.75 Å². The van der Waals surface area contributed by atoms with Crippen LogP contribution >= 0.6 is 11.8 Å². The SMILES string of the molecule is C/C=C/CC(NC(=O)C1SCCc2ccccc21)C(=O)O. The molecule has 1 aromatic carbocycles. The summed E-state index contributed by atoms with van der Waals surface area (Å²) >= 11 is 1.57. The van der Waals surface area contributed by atoms with Gasteiger partial charge < -0.3 is 10.4 Å². The van der Waals surface area contributed by atoms with Crippen molar-refractivity contribution in [2.45, 2.75) is 31.1 Å². The predicted octanol–water partition coefficient (Wildman–Crippen LogP) is 2.55. The molecule has 2 N–H and O–H groups in total. The Bertz CT molecular complexity index is 556. The minimum atomic E-state index is -1.00. The maximum Gasteiger partial charge on any atom is 0.326 e. The Labute approximate surface area is 128 Å². The molecule has 4 nitrogen and oxygen atoms in total. The summed E-state index contributed by atoms with van der Waals surface area (Å²) in [6.45, 7) is 1.83. The van der Waals surface area contributed by atoms with Crippen LogP contribution in [0.2, 0.25) is 0 Å². The highest BCUT2D eigenvalue weighted by Gasteiger charge is 2.29. The topological polar surface area (TPSA) is 66.4 Å². The Hall–Kier alpha value is -1.75. The van der Waals surface area contributed by atoms with Crippen molar-refractivity contribution in [3.05, 3.63) is 47.5 Å².